The molecule has 0 heterocycles. The number of sulfonamides is 1. The SMILES string of the molecule is COC(=O)COc1ccc(/C=N\NC(=O)c2ccc(N(C)S(=O)(=O)c3ccccc3)cc2)cc1. The lowest BCUT2D eigenvalue weighted by molar-refractivity contribution is -0.142. The van der Waals surface area contributed by atoms with Crippen LogP contribution in [0.2, 0.25) is 0 Å². The summed E-state index contributed by atoms with van der Waals surface area (Å²) < 4.78 is 36.4. The number of rotatable bonds is 9. The third-order valence-corrected chi connectivity index (χ3v) is 6.54. The molecule has 10 heteroatoms. The minimum atomic E-state index is -3.71. The van der Waals surface area contributed by atoms with E-state index in [2.05, 4.69) is 15.3 Å². The van der Waals surface area contributed by atoms with Gasteiger partial charge in [0.2, 0.25) is 0 Å². The van der Waals surface area contributed by atoms with Crippen molar-refractivity contribution in [3.05, 3.63) is 90.0 Å². The standard InChI is InChI=1S/C24H23N3O6S/c1-27(34(30,31)22-6-4-3-5-7-22)20-12-10-19(11-13-20)24(29)26-25-16-18-8-14-21(15-9-18)33-17-23(28)32-2/h3-16H,17H2,1-2H3,(H,26,29)/b25-16-. The van der Waals surface area contributed by atoms with E-state index in [1.807, 2.05) is 0 Å². The summed E-state index contributed by atoms with van der Waals surface area (Å²) in [6.45, 7) is -0.188. The number of carbonyl (C=O) groups excluding carboxylic acids is 2. The number of nitrogens with zero attached hydrogens (tertiary/aromatic N) is 2. The fraction of sp³-hybridized carbons (Fsp3) is 0.125. The minimum Gasteiger partial charge on any atom is -0.482 e. The quantitative estimate of drug-likeness (QED) is 0.286. The van der Waals surface area contributed by atoms with E-state index in [1.165, 1.54) is 44.6 Å². The largest absolute Gasteiger partial charge is 0.482 e. The van der Waals surface area contributed by atoms with Gasteiger partial charge in [-0.05, 0) is 66.2 Å². The van der Waals surface area contributed by atoms with Crippen LogP contribution in [-0.4, -0.2) is 47.3 Å². The normalized spacial score (nSPS) is 11.1. The zero-order chi connectivity index (χ0) is 24.6. The van der Waals surface area contributed by atoms with Crippen molar-refractivity contribution in [1.29, 1.82) is 0 Å². The number of nitrogens with one attached hydrogen (secondary N) is 1. The number of esters is 1. The van der Waals surface area contributed by atoms with Crippen molar-refractivity contribution in [3.63, 3.8) is 0 Å². The van der Waals surface area contributed by atoms with Gasteiger partial charge in [-0.3, -0.25) is 9.10 Å². The fourth-order valence-corrected chi connectivity index (χ4v) is 4.01. The number of hydrogen-bond donors (Lipinski definition) is 1. The lowest BCUT2D eigenvalue weighted by Gasteiger charge is -2.19. The number of amides is 1. The zero-order valence-corrected chi connectivity index (χ0v) is 19.4. The second-order valence-corrected chi connectivity index (χ2v) is 8.93. The van der Waals surface area contributed by atoms with Gasteiger partial charge in [0.25, 0.3) is 15.9 Å². The van der Waals surface area contributed by atoms with E-state index < -0.39 is 21.9 Å². The molecule has 0 fully saturated rings. The molecule has 0 aliphatic rings. The maximum Gasteiger partial charge on any atom is 0.343 e. The fourth-order valence-electron chi connectivity index (χ4n) is 2.79. The molecule has 0 bridgehead atoms. The first-order valence-corrected chi connectivity index (χ1v) is 11.5. The molecule has 0 atom stereocenters. The van der Waals surface area contributed by atoms with Gasteiger partial charge < -0.3 is 9.47 Å². The molecule has 1 N–H and O–H groups in total. The Morgan fingerprint density at radius 3 is 2.24 bits per heavy atom. The van der Waals surface area contributed by atoms with E-state index in [0.717, 1.165) is 4.31 Å². The molecule has 9 nitrogen and oxygen atoms in total. The Morgan fingerprint density at radius 2 is 1.62 bits per heavy atom. The zero-order valence-electron chi connectivity index (χ0n) is 18.5. The number of benzene rings is 3. The molecule has 0 unspecified atom stereocenters. The first-order valence-electron chi connectivity index (χ1n) is 10.1. The lowest BCUT2D eigenvalue weighted by atomic mass is 10.2. The number of anilines is 1. The minimum absolute atomic E-state index is 0.178. The lowest BCUT2D eigenvalue weighted by Crippen LogP contribution is -2.26. The Kier molecular flexibility index (Phi) is 7.99. The number of hydrazone groups is 1. The van der Waals surface area contributed by atoms with Crippen LogP contribution < -0.4 is 14.5 Å². The summed E-state index contributed by atoms with van der Waals surface area (Å²) in [6, 6.07) is 21.0. The van der Waals surface area contributed by atoms with Crippen LogP contribution in [0.5, 0.6) is 5.75 Å². The predicted octanol–water partition coefficient (Wildman–Crippen LogP) is 2.83. The smallest absolute Gasteiger partial charge is 0.343 e. The summed E-state index contributed by atoms with van der Waals surface area (Å²) in [6.07, 6.45) is 1.45. The van der Waals surface area contributed by atoms with Crippen LogP contribution in [0.1, 0.15) is 15.9 Å². The maximum absolute atomic E-state index is 12.7. The van der Waals surface area contributed by atoms with Crippen LogP contribution in [0.3, 0.4) is 0 Å². The van der Waals surface area contributed by atoms with Gasteiger partial charge in [0.05, 0.1) is 23.9 Å². The molecule has 0 aliphatic carbocycles. The topological polar surface area (TPSA) is 114 Å². The molecule has 3 aromatic rings. The molecule has 34 heavy (non-hydrogen) atoms. The van der Waals surface area contributed by atoms with E-state index in [1.54, 1.807) is 54.6 Å². The van der Waals surface area contributed by atoms with Crippen molar-refractivity contribution in [3.8, 4) is 5.75 Å². The first kappa shape index (κ1) is 24.5. The molecule has 0 aliphatic heterocycles. The monoisotopic (exact) mass is 481 g/mol. The highest BCUT2D eigenvalue weighted by Crippen LogP contribution is 2.22. The molecule has 0 radical (unpaired) electrons. The van der Waals surface area contributed by atoms with E-state index in [-0.39, 0.29) is 11.5 Å². The summed E-state index contributed by atoms with van der Waals surface area (Å²) in [5.74, 6) is -0.439. The molecule has 1 amide bonds. The Bertz CT molecular complexity index is 1260. The van der Waals surface area contributed by atoms with E-state index in [9.17, 15) is 18.0 Å². The number of ether oxygens (including phenoxy) is 2. The summed E-state index contributed by atoms with van der Waals surface area (Å²) >= 11 is 0. The molecule has 0 saturated carbocycles. The van der Waals surface area contributed by atoms with Gasteiger partial charge in [0, 0.05) is 12.6 Å². The molecule has 0 aromatic heterocycles. The van der Waals surface area contributed by atoms with Crippen LogP contribution >= 0.6 is 0 Å². The van der Waals surface area contributed by atoms with Crippen LogP contribution in [0.4, 0.5) is 5.69 Å². The highest BCUT2D eigenvalue weighted by molar-refractivity contribution is 7.92. The number of hydrogen-bond acceptors (Lipinski definition) is 7. The average Bonchev–Trinajstić information content (AvgIpc) is 2.88. The summed E-state index contributed by atoms with van der Waals surface area (Å²) in [4.78, 5) is 23.6. The van der Waals surface area contributed by atoms with Crippen molar-refractivity contribution < 1.29 is 27.5 Å². The third kappa shape index (κ3) is 6.20. The Morgan fingerprint density at radius 1 is 0.971 bits per heavy atom. The second-order valence-electron chi connectivity index (χ2n) is 6.97. The maximum atomic E-state index is 12.7. The highest BCUT2D eigenvalue weighted by atomic mass is 32.2. The molecule has 0 saturated heterocycles. The van der Waals surface area contributed by atoms with Gasteiger partial charge >= 0.3 is 5.97 Å². The van der Waals surface area contributed by atoms with Gasteiger partial charge in [-0.25, -0.2) is 18.6 Å². The predicted molar refractivity (Wildman–Crippen MR) is 127 cm³/mol. The first-order chi connectivity index (χ1) is 16.3. The second kappa shape index (κ2) is 11.1. The van der Waals surface area contributed by atoms with Gasteiger partial charge in [-0.1, -0.05) is 18.2 Å². The van der Waals surface area contributed by atoms with Crippen molar-refractivity contribution in [2.75, 3.05) is 25.1 Å². The van der Waals surface area contributed by atoms with Gasteiger partial charge in [-0.15, -0.1) is 0 Å². The summed E-state index contributed by atoms with van der Waals surface area (Å²) in [7, 11) is -0.973. The van der Waals surface area contributed by atoms with Gasteiger partial charge in [-0.2, -0.15) is 5.10 Å². The Hall–Kier alpha value is -4.18. The van der Waals surface area contributed by atoms with Crippen molar-refractivity contribution in [2.45, 2.75) is 4.90 Å². The van der Waals surface area contributed by atoms with Crippen LogP contribution in [0.15, 0.2) is 88.9 Å². The molecule has 176 valence electrons. The van der Waals surface area contributed by atoms with Crippen LogP contribution in [-0.2, 0) is 19.6 Å². The third-order valence-electron chi connectivity index (χ3n) is 4.74. The Balaban J connectivity index is 1.57. The number of carbonyl (C=O) groups is 2. The van der Waals surface area contributed by atoms with Crippen LogP contribution in [0.25, 0.3) is 0 Å². The van der Waals surface area contributed by atoms with Crippen molar-refractivity contribution in [2.24, 2.45) is 5.10 Å². The van der Waals surface area contributed by atoms with Crippen molar-refractivity contribution >= 4 is 33.8 Å². The van der Waals surface area contributed by atoms with Crippen LogP contribution in [0, 0.1) is 0 Å². The van der Waals surface area contributed by atoms with E-state index in [0.29, 0.717) is 22.6 Å². The average molecular weight is 482 g/mol. The Labute approximate surface area is 197 Å². The molecular formula is C24H23N3O6S. The molecule has 3 rings (SSSR count). The number of methoxy groups -OCH3 is 1. The van der Waals surface area contributed by atoms with E-state index >= 15 is 0 Å². The molecular weight excluding hydrogens is 458 g/mol. The van der Waals surface area contributed by atoms with Gasteiger partial charge in [0.15, 0.2) is 6.61 Å². The van der Waals surface area contributed by atoms with Crippen molar-refractivity contribution in [1.82, 2.24) is 5.43 Å². The van der Waals surface area contributed by atoms with E-state index in [4.69, 9.17) is 4.74 Å². The molecule has 0 spiro atoms. The summed E-state index contributed by atoms with van der Waals surface area (Å²) in [5, 5.41) is 3.93. The molecule has 3 aromatic carbocycles. The van der Waals surface area contributed by atoms with Gasteiger partial charge in [0.1, 0.15) is 5.75 Å². The highest BCUT2D eigenvalue weighted by Gasteiger charge is 2.21. The summed E-state index contributed by atoms with van der Waals surface area (Å²) in [5.41, 5.74) is 3.86.